The van der Waals surface area contributed by atoms with Crippen LogP contribution >= 0.6 is 0 Å². The summed E-state index contributed by atoms with van der Waals surface area (Å²) in [7, 11) is 0. The molecule has 2 N–H and O–H groups in total. The maximum absolute atomic E-state index is 4.08. The molecule has 0 bridgehead atoms. The fraction of sp³-hybridized carbons (Fsp3) is 0.818. The van der Waals surface area contributed by atoms with E-state index in [4.69, 9.17) is 0 Å². The molecule has 0 spiro atoms. The van der Waals surface area contributed by atoms with Gasteiger partial charge >= 0.3 is 0 Å². The second kappa shape index (κ2) is 6.56. The summed E-state index contributed by atoms with van der Waals surface area (Å²) in [5.74, 6) is 1.75. The van der Waals surface area contributed by atoms with E-state index in [1.165, 1.54) is 12.8 Å². The Morgan fingerprint density at radius 3 is 2.73 bits per heavy atom. The van der Waals surface area contributed by atoms with Gasteiger partial charge in [0.2, 0.25) is 0 Å². The topological polar surface area (TPSA) is 53.6 Å². The van der Waals surface area contributed by atoms with Crippen molar-refractivity contribution < 1.29 is 0 Å². The molecule has 0 saturated heterocycles. The van der Waals surface area contributed by atoms with Gasteiger partial charge in [-0.25, -0.2) is 4.98 Å². The van der Waals surface area contributed by atoms with Crippen LogP contribution in [0.2, 0.25) is 0 Å². The van der Waals surface area contributed by atoms with E-state index in [0.717, 1.165) is 24.7 Å². The molecule has 15 heavy (non-hydrogen) atoms. The number of aromatic amines is 1. The van der Waals surface area contributed by atoms with Crippen LogP contribution in [0.1, 0.15) is 39.4 Å². The zero-order valence-corrected chi connectivity index (χ0v) is 9.95. The van der Waals surface area contributed by atoms with E-state index in [9.17, 15) is 0 Å². The minimum Gasteiger partial charge on any atom is -0.314 e. The number of nitrogens with one attached hydrogen (secondary N) is 2. The molecular weight excluding hydrogens is 188 g/mol. The van der Waals surface area contributed by atoms with Crippen molar-refractivity contribution in [1.82, 2.24) is 20.5 Å². The first-order chi connectivity index (χ1) is 7.18. The number of hydrogen-bond donors (Lipinski definition) is 2. The van der Waals surface area contributed by atoms with Crippen LogP contribution in [0.3, 0.4) is 0 Å². The van der Waals surface area contributed by atoms with E-state index < -0.39 is 0 Å². The lowest BCUT2D eigenvalue weighted by molar-refractivity contribution is 0.452. The van der Waals surface area contributed by atoms with Crippen LogP contribution in [0.15, 0.2) is 6.33 Å². The normalized spacial score (nSPS) is 13.3. The Balaban J connectivity index is 2.04. The molecule has 4 nitrogen and oxygen atoms in total. The third-order valence-electron chi connectivity index (χ3n) is 2.50. The summed E-state index contributed by atoms with van der Waals surface area (Å²) in [5, 5.41) is 10.2. The van der Waals surface area contributed by atoms with Crippen LogP contribution in [0.5, 0.6) is 0 Å². The molecule has 1 rings (SSSR count). The van der Waals surface area contributed by atoms with Crippen molar-refractivity contribution in [2.75, 3.05) is 6.54 Å². The van der Waals surface area contributed by atoms with Crippen LogP contribution in [0.25, 0.3) is 0 Å². The van der Waals surface area contributed by atoms with Crippen LogP contribution < -0.4 is 5.32 Å². The van der Waals surface area contributed by atoms with Gasteiger partial charge in [-0.3, -0.25) is 5.10 Å². The Bertz CT molecular complexity index is 243. The quantitative estimate of drug-likeness (QED) is 0.721. The second-order valence-corrected chi connectivity index (χ2v) is 4.51. The Morgan fingerprint density at radius 2 is 2.13 bits per heavy atom. The second-order valence-electron chi connectivity index (χ2n) is 4.51. The highest BCUT2D eigenvalue weighted by Gasteiger charge is 2.03. The minimum atomic E-state index is 0.593. The number of hydrogen-bond acceptors (Lipinski definition) is 3. The summed E-state index contributed by atoms with van der Waals surface area (Å²) in [4.78, 5) is 4.08. The molecule has 0 aliphatic heterocycles. The van der Waals surface area contributed by atoms with Crippen molar-refractivity contribution in [3.8, 4) is 0 Å². The fourth-order valence-electron chi connectivity index (χ4n) is 1.47. The van der Waals surface area contributed by atoms with Gasteiger partial charge in [-0.1, -0.05) is 13.8 Å². The smallest absolute Gasteiger partial charge is 0.137 e. The Kier molecular flexibility index (Phi) is 5.32. The van der Waals surface area contributed by atoms with E-state index >= 15 is 0 Å². The molecule has 1 heterocycles. The zero-order valence-electron chi connectivity index (χ0n) is 9.95. The van der Waals surface area contributed by atoms with Crippen molar-refractivity contribution in [3.05, 3.63) is 12.2 Å². The lowest BCUT2D eigenvalue weighted by Crippen LogP contribution is -2.28. The third kappa shape index (κ3) is 5.52. The molecule has 0 fully saturated rings. The zero-order chi connectivity index (χ0) is 11.1. The van der Waals surface area contributed by atoms with Gasteiger partial charge in [0.15, 0.2) is 0 Å². The highest BCUT2D eigenvalue weighted by molar-refractivity contribution is 4.81. The van der Waals surface area contributed by atoms with Crippen molar-refractivity contribution >= 4 is 0 Å². The number of H-pyrrole nitrogens is 1. The van der Waals surface area contributed by atoms with Crippen molar-refractivity contribution in [3.63, 3.8) is 0 Å². The van der Waals surface area contributed by atoms with Gasteiger partial charge in [0.1, 0.15) is 12.2 Å². The fourth-order valence-corrected chi connectivity index (χ4v) is 1.47. The first-order valence-electron chi connectivity index (χ1n) is 5.76. The maximum Gasteiger partial charge on any atom is 0.137 e. The van der Waals surface area contributed by atoms with E-state index in [1.54, 1.807) is 6.33 Å². The van der Waals surface area contributed by atoms with Gasteiger partial charge in [0.05, 0.1) is 0 Å². The molecule has 0 amide bonds. The van der Waals surface area contributed by atoms with Crippen LogP contribution in [-0.2, 0) is 6.42 Å². The summed E-state index contributed by atoms with van der Waals surface area (Å²) in [6, 6.07) is 0.593. The summed E-state index contributed by atoms with van der Waals surface area (Å²) >= 11 is 0. The summed E-state index contributed by atoms with van der Waals surface area (Å²) in [6.07, 6.45) is 5.01. The van der Waals surface area contributed by atoms with Gasteiger partial charge in [-0.2, -0.15) is 5.10 Å². The minimum absolute atomic E-state index is 0.593. The van der Waals surface area contributed by atoms with Crippen LogP contribution in [-0.4, -0.2) is 27.8 Å². The predicted molar refractivity (Wildman–Crippen MR) is 61.6 cm³/mol. The number of aromatic nitrogens is 3. The highest BCUT2D eigenvalue weighted by Crippen LogP contribution is 2.06. The Hall–Kier alpha value is -0.900. The molecule has 86 valence electrons. The first kappa shape index (κ1) is 12.2. The largest absolute Gasteiger partial charge is 0.314 e. The Labute approximate surface area is 91.9 Å². The van der Waals surface area contributed by atoms with Crippen molar-refractivity contribution in [1.29, 1.82) is 0 Å². The van der Waals surface area contributed by atoms with Gasteiger partial charge in [0.25, 0.3) is 0 Å². The van der Waals surface area contributed by atoms with Gasteiger partial charge in [-0.15, -0.1) is 0 Å². The standard InChI is InChI=1S/C11H22N4/c1-9(2)4-5-10(3)12-7-6-11-13-8-14-15-11/h8-10,12H,4-7H2,1-3H3,(H,13,14,15). The molecule has 0 aliphatic rings. The van der Waals surface area contributed by atoms with Crippen LogP contribution in [0, 0.1) is 5.92 Å². The molecular formula is C11H22N4. The monoisotopic (exact) mass is 210 g/mol. The molecule has 1 aromatic rings. The molecule has 0 aliphatic carbocycles. The van der Waals surface area contributed by atoms with Crippen molar-refractivity contribution in [2.45, 2.75) is 46.1 Å². The molecule has 0 radical (unpaired) electrons. The molecule has 4 heteroatoms. The number of rotatable bonds is 7. The van der Waals surface area contributed by atoms with Gasteiger partial charge in [-0.05, 0) is 25.7 Å². The molecule has 1 atom stereocenters. The molecule has 0 saturated carbocycles. The summed E-state index contributed by atoms with van der Waals surface area (Å²) in [5.41, 5.74) is 0. The predicted octanol–water partition coefficient (Wildman–Crippen LogP) is 1.76. The molecule has 0 aromatic carbocycles. The number of nitrogens with zero attached hydrogens (tertiary/aromatic N) is 2. The molecule has 1 aromatic heterocycles. The maximum atomic E-state index is 4.08. The van der Waals surface area contributed by atoms with E-state index in [2.05, 4.69) is 41.3 Å². The molecule has 1 unspecified atom stereocenters. The summed E-state index contributed by atoms with van der Waals surface area (Å²) < 4.78 is 0. The average molecular weight is 210 g/mol. The van der Waals surface area contributed by atoms with Crippen LogP contribution in [0.4, 0.5) is 0 Å². The lowest BCUT2D eigenvalue weighted by Gasteiger charge is -2.14. The van der Waals surface area contributed by atoms with Gasteiger partial charge in [0, 0.05) is 19.0 Å². The van der Waals surface area contributed by atoms with E-state index in [0.29, 0.717) is 6.04 Å². The Morgan fingerprint density at radius 1 is 1.33 bits per heavy atom. The average Bonchev–Trinajstić information content (AvgIpc) is 2.67. The van der Waals surface area contributed by atoms with E-state index in [1.807, 2.05) is 0 Å². The SMILES string of the molecule is CC(C)CCC(C)NCCc1ncn[nH]1. The van der Waals surface area contributed by atoms with Crippen molar-refractivity contribution in [2.24, 2.45) is 5.92 Å². The first-order valence-corrected chi connectivity index (χ1v) is 5.76. The highest BCUT2D eigenvalue weighted by atomic mass is 15.2. The van der Waals surface area contributed by atoms with E-state index in [-0.39, 0.29) is 0 Å². The third-order valence-corrected chi connectivity index (χ3v) is 2.50. The lowest BCUT2D eigenvalue weighted by atomic mass is 10.0. The summed E-state index contributed by atoms with van der Waals surface area (Å²) in [6.45, 7) is 7.74. The van der Waals surface area contributed by atoms with Gasteiger partial charge < -0.3 is 5.32 Å².